The molecule has 1 aliphatic carbocycles. The smallest absolute Gasteiger partial charge is 0.372 e. The zero-order valence-corrected chi connectivity index (χ0v) is 9.17. The van der Waals surface area contributed by atoms with E-state index >= 15 is 0 Å². The second-order valence-corrected chi connectivity index (χ2v) is 5.20. The zero-order chi connectivity index (χ0) is 11.1. The van der Waals surface area contributed by atoms with Crippen LogP contribution in [0.4, 0.5) is 0 Å². The van der Waals surface area contributed by atoms with Crippen LogP contribution >= 0.6 is 11.8 Å². The molecule has 16 heavy (non-hydrogen) atoms. The van der Waals surface area contributed by atoms with Crippen molar-refractivity contribution in [1.82, 2.24) is 4.98 Å². The molecule has 0 amide bonds. The molecule has 0 spiro atoms. The van der Waals surface area contributed by atoms with Crippen molar-refractivity contribution >= 4 is 22.7 Å². The van der Waals surface area contributed by atoms with E-state index in [0.29, 0.717) is 16.2 Å². The van der Waals surface area contributed by atoms with Crippen LogP contribution < -0.4 is 11.4 Å². The van der Waals surface area contributed by atoms with Crippen LogP contribution in [0.15, 0.2) is 37.1 Å². The van der Waals surface area contributed by atoms with Crippen molar-refractivity contribution in [2.75, 3.05) is 0 Å². The van der Waals surface area contributed by atoms with Crippen LogP contribution in [0.3, 0.4) is 0 Å². The van der Waals surface area contributed by atoms with Crippen molar-refractivity contribution in [3.63, 3.8) is 0 Å². The number of aromatic amines is 1. The van der Waals surface area contributed by atoms with E-state index < -0.39 is 11.4 Å². The van der Waals surface area contributed by atoms with E-state index in [1.54, 1.807) is 23.9 Å². The first kappa shape index (κ1) is 9.72. The molecule has 1 saturated carbocycles. The first-order chi connectivity index (χ1) is 7.72. The lowest BCUT2D eigenvalue weighted by Crippen LogP contribution is -2.14. The Morgan fingerprint density at radius 2 is 2.12 bits per heavy atom. The van der Waals surface area contributed by atoms with Gasteiger partial charge in [0.15, 0.2) is 0 Å². The highest BCUT2D eigenvalue weighted by atomic mass is 32.2. The molecule has 1 aromatic carbocycles. The Balaban J connectivity index is 2.15. The molecule has 5 heteroatoms. The molecule has 0 saturated heterocycles. The third kappa shape index (κ3) is 1.78. The lowest BCUT2D eigenvalue weighted by atomic mass is 10.2. The highest BCUT2D eigenvalue weighted by Gasteiger charge is 2.22. The molecule has 0 bridgehead atoms. The van der Waals surface area contributed by atoms with Gasteiger partial charge in [0, 0.05) is 10.1 Å². The van der Waals surface area contributed by atoms with Gasteiger partial charge < -0.3 is 4.42 Å². The predicted octanol–water partition coefficient (Wildman–Crippen LogP) is 1.74. The van der Waals surface area contributed by atoms with E-state index in [4.69, 9.17) is 0 Å². The molecule has 0 atom stereocenters. The van der Waals surface area contributed by atoms with Gasteiger partial charge in [0.05, 0.1) is 10.9 Å². The average Bonchev–Trinajstić information content (AvgIpc) is 3.03. The SMILES string of the molecule is O=c1[nH]c2ccc(SC3CC3)cc2c(=O)o1. The maximum Gasteiger partial charge on any atom is 0.419 e. The normalized spacial score (nSPS) is 15.5. The fourth-order valence-corrected chi connectivity index (χ4v) is 2.62. The summed E-state index contributed by atoms with van der Waals surface area (Å²) in [6.45, 7) is 0. The Labute approximate surface area is 94.7 Å². The highest BCUT2D eigenvalue weighted by Crippen LogP contribution is 2.39. The summed E-state index contributed by atoms with van der Waals surface area (Å²) in [6, 6.07) is 5.44. The van der Waals surface area contributed by atoms with Gasteiger partial charge in [0.1, 0.15) is 0 Å². The summed E-state index contributed by atoms with van der Waals surface area (Å²) < 4.78 is 4.49. The molecule has 2 aromatic rings. The third-order valence-electron chi connectivity index (χ3n) is 2.46. The minimum absolute atomic E-state index is 0.435. The molecule has 1 N–H and O–H groups in total. The van der Waals surface area contributed by atoms with Crippen molar-refractivity contribution in [2.45, 2.75) is 23.0 Å². The maximum atomic E-state index is 11.5. The van der Waals surface area contributed by atoms with Crippen LogP contribution in [0, 0.1) is 0 Å². The second kappa shape index (κ2) is 3.52. The molecule has 1 fully saturated rings. The first-order valence-electron chi connectivity index (χ1n) is 5.06. The quantitative estimate of drug-likeness (QED) is 0.861. The van der Waals surface area contributed by atoms with Gasteiger partial charge in [-0.3, -0.25) is 4.98 Å². The van der Waals surface area contributed by atoms with E-state index in [-0.39, 0.29) is 0 Å². The molecule has 0 unspecified atom stereocenters. The summed E-state index contributed by atoms with van der Waals surface area (Å²) in [7, 11) is 0. The maximum absolute atomic E-state index is 11.5. The number of aromatic nitrogens is 1. The minimum atomic E-state index is -0.708. The Morgan fingerprint density at radius 3 is 2.88 bits per heavy atom. The van der Waals surface area contributed by atoms with Gasteiger partial charge in [-0.1, -0.05) is 0 Å². The van der Waals surface area contributed by atoms with Crippen molar-refractivity contribution in [3.05, 3.63) is 39.2 Å². The van der Waals surface area contributed by atoms with Gasteiger partial charge in [-0.2, -0.15) is 0 Å². The number of H-pyrrole nitrogens is 1. The molecule has 3 rings (SSSR count). The number of fused-ring (bicyclic) bond motifs is 1. The van der Waals surface area contributed by atoms with Gasteiger partial charge in [-0.15, -0.1) is 11.8 Å². The van der Waals surface area contributed by atoms with E-state index in [0.717, 1.165) is 4.90 Å². The summed E-state index contributed by atoms with van der Waals surface area (Å²) >= 11 is 1.76. The number of benzene rings is 1. The van der Waals surface area contributed by atoms with Crippen LogP contribution in [0.5, 0.6) is 0 Å². The van der Waals surface area contributed by atoms with Crippen molar-refractivity contribution in [2.24, 2.45) is 0 Å². The lowest BCUT2D eigenvalue weighted by Gasteiger charge is -2.00. The minimum Gasteiger partial charge on any atom is -0.372 e. The van der Waals surface area contributed by atoms with Crippen LogP contribution in [0.2, 0.25) is 0 Å². The predicted molar refractivity (Wildman–Crippen MR) is 62.0 cm³/mol. The Hall–Kier alpha value is -1.49. The molecule has 0 radical (unpaired) electrons. The van der Waals surface area contributed by atoms with E-state index in [9.17, 15) is 9.59 Å². The lowest BCUT2D eigenvalue weighted by molar-refractivity contribution is 0.460. The molecule has 4 nitrogen and oxygen atoms in total. The third-order valence-corrected chi connectivity index (χ3v) is 3.79. The Bertz CT molecular complexity index is 654. The van der Waals surface area contributed by atoms with Crippen LogP contribution in [-0.4, -0.2) is 10.2 Å². The largest absolute Gasteiger partial charge is 0.419 e. The van der Waals surface area contributed by atoms with E-state index in [2.05, 4.69) is 9.40 Å². The first-order valence-corrected chi connectivity index (χ1v) is 5.94. The van der Waals surface area contributed by atoms with Crippen LogP contribution in [0.25, 0.3) is 10.9 Å². The molecular weight excluding hydrogens is 226 g/mol. The summed E-state index contributed by atoms with van der Waals surface area (Å²) in [4.78, 5) is 26.0. The standard InChI is InChI=1S/C11H9NO3S/c13-10-8-5-7(16-6-1-2-6)3-4-9(8)12-11(14)15-10/h3-6H,1-2H2,(H,12,14). The van der Waals surface area contributed by atoms with Crippen LogP contribution in [-0.2, 0) is 0 Å². The number of thioether (sulfide) groups is 1. The summed E-state index contributed by atoms with van der Waals surface area (Å²) in [5, 5.41) is 1.12. The summed E-state index contributed by atoms with van der Waals surface area (Å²) in [5.41, 5.74) is -0.0432. The highest BCUT2D eigenvalue weighted by molar-refractivity contribution is 8.00. The average molecular weight is 235 g/mol. The number of hydrogen-bond acceptors (Lipinski definition) is 4. The number of rotatable bonds is 2. The van der Waals surface area contributed by atoms with Gasteiger partial charge >= 0.3 is 11.4 Å². The number of nitrogens with one attached hydrogen (secondary N) is 1. The van der Waals surface area contributed by atoms with Crippen LogP contribution in [0.1, 0.15) is 12.8 Å². The molecule has 0 aliphatic heterocycles. The van der Waals surface area contributed by atoms with E-state index in [1.807, 2.05) is 6.07 Å². The van der Waals surface area contributed by atoms with E-state index in [1.165, 1.54) is 12.8 Å². The summed E-state index contributed by atoms with van der Waals surface area (Å²) in [6.07, 6.45) is 2.48. The molecular formula is C11H9NO3S. The van der Waals surface area contributed by atoms with Crippen molar-refractivity contribution in [3.8, 4) is 0 Å². The zero-order valence-electron chi connectivity index (χ0n) is 8.36. The fraction of sp³-hybridized carbons (Fsp3) is 0.273. The molecule has 82 valence electrons. The van der Waals surface area contributed by atoms with Gasteiger partial charge in [-0.05, 0) is 31.0 Å². The molecule has 1 heterocycles. The fourth-order valence-electron chi connectivity index (χ4n) is 1.53. The van der Waals surface area contributed by atoms with Gasteiger partial charge in [0.25, 0.3) is 0 Å². The van der Waals surface area contributed by atoms with Gasteiger partial charge in [-0.25, -0.2) is 9.59 Å². The molecule has 1 aromatic heterocycles. The second-order valence-electron chi connectivity index (χ2n) is 3.83. The van der Waals surface area contributed by atoms with Gasteiger partial charge in [0.2, 0.25) is 0 Å². The topological polar surface area (TPSA) is 63.1 Å². The van der Waals surface area contributed by atoms with Crippen molar-refractivity contribution in [1.29, 1.82) is 0 Å². The van der Waals surface area contributed by atoms with Crippen molar-refractivity contribution < 1.29 is 4.42 Å². The molecule has 1 aliphatic rings. The monoisotopic (exact) mass is 235 g/mol. The Morgan fingerprint density at radius 1 is 1.31 bits per heavy atom. The Kier molecular flexibility index (Phi) is 2.14. The summed E-state index contributed by atoms with van der Waals surface area (Å²) in [5.74, 6) is -0.708. The number of hydrogen-bond donors (Lipinski definition) is 1.